The zero-order valence-corrected chi connectivity index (χ0v) is 10.7. The molecular formula is C16H20O. The van der Waals surface area contributed by atoms with Crippen LogP contribution < -0.4 is 0 Å². The van der Waals surface area contributed by atoms with Crippen LogP contribution in [-0.2, 0) is 4.74 Å². The molecule has 0 saturated heterocycles. The number of ether oxygens (including phenoxy) is 1. The van der Waals surface area contributed by atoms with Gasteiger partial charge in [-0.15, -0.1) is 0 Å². The molecule has 0 fully saturated rings. The molecule has 0 saturated carbocycles. The first-order valence-corrected chi connectivity index (χ1v) is 6.50. The number of hydrogen-bond donors (Lipinski definition) is 0. The van der Waals surface area contributed by atoms with E-state index in [1.807, 2.05) is 12.5 Å². The Labute approximate surface area is 104 Å². The van der Waals surface area contributed by atoms with E-state index >= 15 is 0 Å². The predicted octanol–water partition coefficient (Wildman–Crippen LogP) is 5.00. The van der Waals surface area contributed by atoms with Gasteiger partial charge in [0, 0.05) is 0 Å². The molecule has 1 nitrogen and oxygen atoms in total. The highest BCUT2D eigenvalue weighted by molar-refractivity contribution is 5.80. The van der Waals surface area contributed by atoms with Crippen LogP contribution in [0.4, 0.5) is 0 Å². The molecule has 1 aliphatic rings. The SMILES string of the molecule is CCCC1=COC=C(CCC)c2ccccc21. The van der Waals surface area contributed by atoms with Gasteiger partial charge in [0.05, 0.1) is 12.5 Å². The highest BCUT2D eigenvalue weighted by Gasteiger charge is 2.13. The molecule has 1 aromatic carbocycles. The monoisotopic (exact) mass is 228 g/mol. The van der Waals surface area contributed by atoms with Crippen molar-refractivity contribution < 1.29 is 4.74 Å². The van der Waals surface area contributed by atoms with Gasteiger partial charge in [0.15, 0.2) is 0 Å². The molecule has 2 rings (SSSR count). The first-order chi connectivity index (χ1) is 8.36. The summed E-state index contributed by atoms with van der Waals surface area (Å²) >= 11 is 0. The standard InChI is InChI=1S/C16H20O/c1-3-7-13-11-17-12-14(8-4-2)16-10-6-5-9-15(13)16/h5-6,9-12H,3-4,7-8H2,1-2H3. The molecule has 1 aliphatic heterocycles. The largest absolute Gasteiger partial charge is 0.472 e. The van der Waals surface area contributed by atoms with Gasteiger partial charge in [-0.05, 0) is 35.1 Å². The minimum absolute atomic E-state index is 1.07. The Morgan fingerprint density at radius 3 is 1.71 bits per heavy atom. The van der Waals surface area contributed by atoms with Crippen LogP contribution in [0.2, 0.25) is 0 Å². The van der Waals surface area contributed by atoms with Crippen molar-refractivity contribution in [1.29, 1.82) is 0 Å². The van der Waals surface area contributed by atoms with Crippen molar-refractivity contribution in [2.24, 2.45) is 0 Å². The fourth-order valence-electron chi connectivity index (χ4n) is 2.29. The second kappa shape index (κ2) is 5.72. The summed E-state index contributed by atoms with van der Waals surface area (Å²) in [6.07, 6.45) is 8.25. The Kier molecular flexibility index (Phi) is 4.03. The van der Waals surface area contributed by atoms with Crippen LogP contribution in [-0.4, -0.2) is 0 Å². The van der Waals surface area contributed by atoms with Gasteiger partial charge in [-0.2, -0.15) is 0 Å². The van der Waals surface area contributed by atoms with E-state index in [0.717, 1.165) is 25.7 Å². The molecule has 0 radical (unpaired) electrons. The molecule has 0 bridgehead atoms. The maximum atomic E-state index is 5.58. The van der Waals surface area contributed by atoms with Gasteiger partial charge in [-0.1, -0.05) is 51.0 Å². The Bertz CT molecular complexity index is 400. The summed E-state index contributed by atoms with van der Waals surface area (Å²) in [7, 11) is 0. The first kappa shape index (κ1) is 12.0. The van der Waals surface area contributed by atoms with E-state index in [0.29, 0.717) is 0 Å². The van der Waals surface area contributed by atoms with Crippen LogP contribution in [0.5, 0.6) is 0 Å². The van der Waals surface area contributed by atoms with Gasteiger partial charge >= 0.3 is 0 Å². The summed E-state index contributed by atoms with van der Waals surface area (Å²) in [4.78, 5) is 0. The average Bonchev–Trinajstić information content (AvgIpc) is 2.52. The Balaban J connectivity index is 2.42. The lowest BCUT2D eigenvalue weighted by Crippen LogP contribution is -1.92. The van der Waals surface area contributed by atoms with E-state index in [2.05, 4.69) is 38.1 Å². The van der Waals surface area contributed by atoms with Crippen LogP contribution in [0.3, 0.4) is 0 Å². The molecule has 1 aromatic rings. The van der Waals surface area contributed by atoms with Crippen LogP contribution in [0, 0.1) is 0 Å². The van der Waals surface area contributed by atoms with Crippen molar-refractivity contribution >= 4 is 11.1 Å². The fourth-order valence-corrected chi connectivity index (χ4v) is 2.29. The van der Waals surface area contributed by atoms with Crippen LogP contribution in [0.15, 0.2) is 36.8 Å². The van der Waals surface area contributed by atoms with Gasteiger partial charge in [-0.25, -0.2) is 0 Å². The topological polar surface area (TPSA) is 9.23 Å². The smallest absolute Gasteiger partial charge is 0.0939 e. The second-order valence-corrected chi connectivity index (χ2v) is 4.47. The molecule has 0 aromatic heterocycles. The molecule has 0 unspecified atom stereocenters. The van der Waals surface area contributed by atoms with Crippen LogP contribution >= 0.6 is 0 Å². The van der Waals surface area contributed by atoms with E-state index < -0.39 is 0 Å². The minimum atomic E-state index is 1.07. The van der Waals surface area contributed by atoms with Crippen molar-refractivity contribution in [2.75, 3.05) is 0 Å². The molecule has 0 amide bonds. The minimum Gasteiger partial charge on any atom is -0.472 e. The number of fused-ring (bicyclic) bond motifs is 1. The van der Waals surface area contributed by atoms with Gasteiger partial charge in [-0.3, -0.25) is 0 Å². The Hall–Kier alpha value is -1.50. The molecule has 1 heterocycles. The third kappa shape index (κ3) is 2.60. The Morgan fingerprint density at radius 1 is 0.824 bits per heavy atom. The summed E-state index contributed by atoms with van der Waals surface area (Å²) in [5.74, 6) is 0. The number of benzene rings is 1. The van der Waals surface area contributed by atoms with E-state index in [1.54, 1.807) is 0 Å². The van der Waals surface area contributed by atoms with Gasteiger partial charge in [0.1, 0.15) is 0 Å². The van der Waals surface area contributed by atoms with Crippen molar-refractivity contribution in [2.45, 2.75) is 39.5 Å². The summed E-state index contributed by atoms with van der Waals surface area (Å²) in [6.45, 7) is 4.41. The van der Waals surface area contributed by atoms with E-state index in [4.69, 9.17) is 4.74 Å². The summed E-state index contributed by atoms with van der Waals surface area (Å²) in [5, 5.41) is 0. The maximum Gasteiger partial charge on any atom is 0.0939 e. The Morgan fingerprint density at radius 2 is 1.29 bits per heavy atom. The molecule has 0 atom stereocenters. The number of rotatable bonds is 4. The lowest BCUT2D eigenvalue weighted by molar-refractivity contribution is 0.405. The highest BCUT2D eigenvalue weighted by Crippen LogP contribution is 2.32. The summed E-state index contributed by atoms with van der Waals surface area (Å²) < 4.78 is 5.58. The quantitative estimate of drug-likeness (QED) is 0.704. The zero-order chi connectivity index (χ0) is 12.1. The zero-order valence-electron chi connectivity index (χ0n) is 10.7. The number of hydrogen-bond acceptors (Lipinski definition) is 1. The maximum absolute atomic E-state index is 5.58. The molecule has 0 N–H and O–H groups in total. The average molecular weight is 228 g/mol. The molecule has 1 heteroatoms. The van der Waals surface area contributed by atoms with Crippen LogP contribution in [0.25, 0.3) is 11.1 Å². The second-order valence-electron chi connectivity index (χ2n) is 4.47. The van der Waals surface area contributed by atoms with Crippen molar-refractivity contribution in [3.05, 3.63) is 47.9 Å². The van der Waals surface area contributed by atoms with Gasteiger partial charge in [0.25, 0.3) is 0 Å². The van der Waals surface area contributed by atoms with E-state index in [-0.39, 0.29) is 0 Å². The molecule has 0 spiro atoms. The fraction of sp³-hybridized carbons (Fsp3) is 0.375. The molecule has 90 valence electrons. The van der Waals surface area contributed by atoms with E-state index in [1.165, 1.54) is 22.3 Å². The third-order valence-electron chi connectivity index (χ3n) is 3.08. The lowest BCUT2D eigenvalue weighted by atomic mass is 9.92. The van der Waals surface area contributed by atoms with Crippen molar-refractivity contribution in [3.8, 4) is 0 Å². The third-order valence-corrected chi connectivity index (χ3v) is 3.08. The van der Waals surface area contributed by atoms with Gasteiger partial charge < -0.3 is 4.74 Å². The van der Waals surface area contributed by atoms with Crippen molar-refractivity contribution in [1.82, 2.24) is 0 Å². The predicted molar refractivity (Wildman–Crippen MR) is 73.3 cm³/mol. The van der Waals surface area contributed by atoms with Crippen molar-refractivity contribution in [3.63, 3.8) is 0 Å². The molecule has 0 aliphatic carbocycles. The van der Waals surface area contributed by atoms with Crippen LogP contribution in [0.1, 0.15) is 50.7 Å². The highest BCUT2D eigenvalue weighted by atomic mass is 16.5. The normalized spacial score (nSPS) is 14.2. The lowest BCUT2D eigenvalue weighted by Gasteiger charge is -2.11. The summed E-state index contributed by atoms with van der Waals surface area (Å²) in [5.41, 5.74) is 5.30. The number of allylic oxidation sites excluding steroid dienone is 2. The van der Waals surface area contributed by atoms with E-state index in [9.17, 15) is 0 Å². The summed E-state index contributed by atoms with van der Waals surface area (Å²) in [6, 6.07) is 8.62. The molecular weight excluding hydrogens is 208 g/mol. The van der Waals surface area contributed by atoms with Gasteiger partial charge in [0.2, 0.25) is 0 Å². The first-order valence-electron chi connectivity index (χ1n) is 6.50. The molecule has 17 heavy (non-hydrogen) atoms.